The molecule has 1 fully saturated rings. The lowest BCUT2D eigenvalue weighted by Crippen LogP contribution is -2.55. The maximum absolute atomic E-state index is 9.57. The molecule has 1 aliphatic carbocycles. The Bertz CT molecular complexity index is 170. The van der Waals surface area contributed by atoms with Crippen LogP contribution in [0, 0.1) is 0 Å². The summed E-state index contributed by atoms with van der Waals surface area (Å²) in [5.74, 6) is 0. The van der Waals surface area contributed by atoms with E-state index in [4.69, 9.17) is 58.0 Å². The second kappa shape index (κ2) is 3.22. The van der Waals surface area contributed by atoms with Crippen molar-refractivity contribution in [2.75, 3.05) is 0 Å². The maximum atomic E-state index is 9.57. The van der Waals surface area contributed by atoms with E-state index in [1.54, 1.807) is 0 Å². The summed E-state index contributed by atoms with van der Waals surface area (Å²) in [4.78, 5) is 0. The lowest BCUT2D eigenvalue weighted by Gasteiger charge is -2.45. The summed E-state index contributed by atoms with van der Waals surface area (Å²) in [6, 6.07) is 0. The standard InChI is InChI=1S/C6H7Cl5O/c7-4(8)2-1-3-5(9,12)6(4,10)11/h12H,1-3H2. The predicted molar refractivity (Wildman–Crippen MR) is 53.5 cm³/mol. The molecule has 6 heteroatoms. The molecule has 0 aliphatic heterocycles. The van der Waals surface area contributed by atoms with Crippen molar-refractivity contribution in [2.24, 2.45) is 0 Å². The summed E-state index contributed by atoms with van der Waals surface area (Å²) in [5.41, 5.74) is 0. The normalized spacial score (nSPS) is 39.5. The smallest absolute Gasteiger partial charge is 0.193 e. The van der Waals surface area contributed by atoms with Gasteiger partial charge in [-0.3, -0.25) is 0 Å². The number of alkyl halides is 5. The van der Waals surface area contributed by atoms with Crippen LogP contribution < -0.4 is 0 Å². The van der Waals surface area contributed by atoms with Crippen molar-refractivity contribution in [3.8, 4) is 0 Å². The van der Waals surface area contributed by atoms with Crippen LogP contribution in [0.2, 0.25) is 0 Å². The minimum Gasteiger partial charge on any atom is -0.372 e. The van der Waals surface area contributed by atoms with Gasteiger partial charge < -0.3 is 5.11 Å². The molecule has 0 saturated heterocycles. The topological polar surface area (TPSA) is 20.2 Å². The Labute approximate surface area is 95.9 Å². The van der Waals surface area contributed by atoms with E-state index in [1.807, 2.05) is 0 Å². The highest BCUT2D eigenvalue weighted by atomic mass is 35.5. The predicted octanol–water partition coefficient (Wildman–Crippen LogP) is 3.45. The van der Waals surface area contributed by atoms with Crippen molar-refractivity contribution in [1.29, 1.82) is 0 Å². The van der Waals surface area contributed by atoms with Crippen LogP contribution in [0.1, 0.15) is 19.3 Å². The first-order valence-corrected chi connectivity index (χ1v) is 5.27. The zero-order valence-corrected chi connectivity index (χ0v) is 9.74. The van der Waals surface area contributed by atoms with Gasteiger partial charge in [-0.2, -0.15) is 0 Å². The van der Waals surface area contributed by atoms with Crippen LogP contribution in [0.15, 0.2) is 0 Å². The Balaban J connectivity index is 2.99. The molecule has 1 rings (SSSR count). The fraction of sp³-hybridized carbons (Fsp3) is 1.00. The van der Waals surface area contributed by atoms with E-state index in [-0.39, 0.29) is 6.42 Å². The molecule has 0 aromatic carbocycles. The van der Waals surface area contributed by atoms with Gasteiger partial charge in [-0.15, -0.1) is 0 Å². The first kappa shape index (κ1) is 11.5. The van der Waals surface area contributed by atoms with Crippen molar-refractivity contribution in [1.82, 2.24) is 0 Å². The largest absolute Gasteiger partial charge is 0.372 e. The molecule has 1 N–H and O–H groups in total. The highest BCUT2D eigenvalue weighted by Crippen LogP contribution is 2.58. The van der Waals surface area contributed by atoms with E-state index < -0.39 is 13.7 Å². The first-order chi connectivity index (χ1) is 5.21. The molecule has 72 valence electrons. The van der Waals surface area contributed by atoms with E-state index in [9.17, 15) is 5.11 Å². The van der Waals surface area contributed by atoms with Crippen LogP contribution in [-0.2, 0) is 0 Å². The van der Waals surface area contributed by atoms with Gasteiger partial charge in [0.15, 0.2) is 13.7 Å². The quantitative estimate of drug-likeness (QED) is 0.670. The van der Waals surface area contributed by atoms with Gasteiger partial charge in [-0.1, -0.05) is 58.0 Å². The second-order valence-corrected chi connectivity index (χ2v) is 6.33. The highest BCUT2D eigenvalue weighted by Gasteiger charge is 2.62. The molecule has 1 aliphatic rings. The van der Waals surface area contributed by atoms with Crippen LogP contribution in [0.25, 0.3) is 0 Å². The average molecular weight is 272 g/mol. The summed E-state index contributed by atoms with van der Waals surface area (Å²) < 4.78 is -3.13. The molecule has 0 bridgehead atoms. The van der Waals surface area contributed by atoms with Crippen molar-refractivity contribution >= 4 is 58.0 Å². The third-order valence-electron chi connectivity index (χ3n) is 1.94. The third-order valence-corrected chi connectivity index (χ3v) is 5.21. The molecule has 0 aromatic heterocycles. The van der Waals surface area contributed by atoms with Gasteiger partial charge in [0.25, 0.3) is 0 Å². The molecule has 12 heavy (non-hydrogen) atoms. The van der Waals surface area contributed by atoms with E-state index in [0.29, 0.717) is 12.8 Å². The van der Waals surface area contributed by atoms with Gasteiger partial charge in [-0.25, -0.2) is 0 Å². The maximum Gasteiger partial charge on any atom is 0.193 e. The summed E-state index contributed by atoms with van der Waals surface area (Å²) in [5, 5.41) is 7.82. The molecule has 0 aromatic rings. The molecule has 1 unspecified atom stereocenters. The SMILES string of the molecule is OC1(Cl)CCCC(Cl)(Cl)C1(Cl)Cl. The number of hydrogen-bond acceptors (Lipinski definition) is 1. The number of aliphatic hydroxyl groups is 1. The summed E-state index contributed by atoms with van der Waals surface area (Å²) in [6.07, 6.45) is 1.29. The minimum absolute atomic E-state index is 0.281. The average Bonchev–Trinajstić information content (AvgIpc) is 1.83. The van der Waals surface area contributed by atoms with Crippen molar-refractivity contribution in [2.45, 2.75) is 33.0 Å². The van der Waals surface area contributed by atoms with Gasteiger partial charge in [0.1, 0.15) is 0 Å². The molecular formula is C6H7Cl5O. The van der Waals surface area contributed by atoms with Gasteiger partial charge in [0, 0.05) is 0 Å². The Morgan fingerprint density at radius 2 is 1.42 bits per heavy atom. The fourth-order valence-electron chi connectivity index (χ4n) is 1.14. The minimum atomic E-state index is -1.75. The van der Waals surface area contributed by atoms with Crippen LogP contribution in [0.4, 0.5) is 0 Å². The summed E-state index contributed by atoms with van der Waals surface area (Å²) >= 11 is 28.8. The molecule has 0 radical (unpaired) electrons. The molecule has 1 nitrogen and oxygen atoms in total. The van der Waals surface area contributed by atoms with E-state index in [2.05, 4.69) is 0 Å². The van der Waals surface area contributed by atoms with Crippen LogP contribution >= 0.6 is 58.0 Å². The van der Waals surface area contributed by atoms with Crippen molar-refractivity contribution in [3.05, 3.63) is 0 Å². The molecule has 0 heterocycles. The lowest BCUT2D eigenvalue weighted by molar-refractivity contribution is 0.0719. The Morgan fingerprint density at radius 1 is 0.917 bits per heavy atom. The van der Waals surface area contributed by atoms with Crippen LogP contribution in [0.3, 0.4) is 0 Å². The molecule has 0 amide bonds. The Kier molecular flexibility index (Phi) is 3.08. The highest BCUT2D eigenvalue weighted by molar-refractivity contribution is 6.65. The van der Waals surface area contributed by atoms with E-state index >= 15 is 0 Å². The zero-order chi connectivity index (χ0) is 9.62. The Morgan fingerprint density at radius 3 is 1.75 bits per heavy atom. The lowest BCUT2D eigenvalue weighted by atomic mass is 9.95. The summed E-state index contributed by atoms with van der Waals surface area (Å²) in [6.45, 7) is 0. The Hall–Kier alpha value is 1.41. The van der Waals surface area contributed by atoms with Gasteiger partial charge in [0.2, 0.25) is 0 Å². The monoisotopic (exact) mass is 270 g/mol. The zero-order valence-electron chi connectivity index (χ0n) is 5.96. The van der Waals surface area contributed by atoms with Crippen LogP contribution in [-0.4, -0.2) is 18.8 Å². The summed E-state index contributed by atoms with van der Waals surface area (Å²) in [7, 11) is 0. The number of rotatable bonds is 0. The van der Waals surface area contributed by atoms with Crippen LogP contribution in [0.5, 0.6) is 0 Å². The molecule has 1 atom stereocenters. The molecular weight excluding hydrogens is 265 g/mol. The van der Waals surface area contributed by atoms with Gasteiger partial charge >= 0.3 is 0 Å². The van der Waals surface area contributed by atoms with E-state index in [1.165, 1.54) is 0 Å². The first-order valence-electron chi connectivity index (χ1n) is 3.38. The van der Waals surface area contributed by atoms with E-state index in [0.717, 1.165) is 0 Å². The molecule has 0 spiro atoms. The van der Waals surface area contributed by atoms with Crippen molar-refractivity contribution in [3.63, 3.8) is 0 Å². The molecule has 1 saturated carbocycles. The van der Waals surface area contributed by atoms with Crippen molar-refractivity contribution < 1.29 is 5.11 Å². The fourth-order valence-corrected chi connectivity index (χ4v) is 2.49. The third kappa shape index (κ3) is 1.65. The second-order valence-electron chi connectivity index (χ2n) is 2.89. The number of halogens is 5. The number of hydrogen-bond donors (Lipinski definition) is 1. The van der Waals surface area contributed by atoms with Gasteiger partial charge in [0.05, 0.1) is 0 Å². The van der Waals surface area contributed by atoms with Gasteiger partial charge in [-0.05, 0) is 19.3 Å².